The summed E-state index contributed by atoms with van der Waals surface area (Å²) in [4.78, 5) is 12.3. The van der Waals surface area contributed by atoms with Crippen LogP contribution in [0.25, 0.3) is 0 Å². The minimum absolute atomic E-state index is 0.0153. The van der Waals surface area contributed by atoms with Crippen molar-refractivity contribution in [2.45, 2.75) is 56.0 Å². The van der Waals surface area contributed by atoms with E-state index in [0.29, 0.717) is 19.4 Å². The molecule has 6 heteroatoms. The SMILES string of the molecule is O=C(CCc1ccc(S(=O)(=O)NC2CCCC2)cc1)NCc1ccccc1. The van der Waals surface area contributed by atoms with Crippen LogP contribution >= 0.6 is 0 Å². The Kier molecular flexibility index (Phi) is 6.63. The Morgan fingerprint density at radius 1 is 0.926 bits per heavy atom. The van der Waals surface area contributed by atoms with Gasteiger partial charge in [-0.25, -0.2) is 13.1 Å². The molecule has 0 aliphatic heterocycles. The highest BCUT2D eigenvalue weighted by Crippen LogP contribution is 2.20. The molecule has 1 aliphatic rings. The van der Waals surface area contributed by atoms with Gasteiger partial charge in [0.25, 0.3) is 0 Å². The second-order valence-corrected chi connectivity index (χ2v) is 8.72. The number of benzene rings is 2. The molecule has 0 unspecified atom stereocenters. The topological polar surface area (TPSA) is 75.3 Å². The first-order valence-corrected chi connectivity index (χ1v) is 10.9. The van der Waals surface area contributed by atoms with Gasteiger partial charge in [0, 0.05) is 19.0 Å². The number of sulfonamides is 1. The molecular weight excluding hydrogens is 360 g/mol. The summed E-state index contributed by atoms with van der Waals surface area (Å²) in [5.74, 6) is -0.0153. The van der Waals surface area contributed by atoms with Crippen molar-refractivity contribution in [2.75, 3.05) is 0 Å². The van der Waals surface area contributed by atoms with Gasteiger partial charge < -0.3 is 5.32 Å². The number of amides is 1. The van der Waals surface area contributed by atoms with Crippen molar-refractivity contribution < 1.29 is 13.2 Å². The molecule has 0 aromatic heterocycles. The molecule has 3 rings (SSSR count). The third-order valence-electron chi connectivity index (χ3n) is 4.88. The first kappa shape index (κ1) is 19.6. The fourth-order valence-corrected chi connectivity index (χ4v) is 4.61. The Hall–Kier alpha value is -2.18. The van der Waals surface area contributed by atoms with Crippen LogP contribution in [0.4, 0.5) is 0 Å². The van der Waals surface area contributed by atoms with Crippen molar-refractivity contribution in [3.8, 4) is 0 Å². The van der Waals surface area contributed by atoms with E-state index in [1.54, 1.807) is 24.3 Å². The van der Waals surface area contributed by atoms with Crippen LogP contribution in [-0.4, -0.2) is 20.4 Å². The Balaban J connectivity index is 1.47. The summed E-state index contributed by atoms with van der Waals surface area (Å²) in [5, 5.41) is 2.90. The lowest BCUT2D eigenvalue weighted by Crippen LogP contribution is -2.32. The molecule has 5 nitrogen and oxygen atoms in total. The highest BCUT2D eigenvalue weighted by atomic mass is 32.2. The summed E-state index contributed by atoms with van der Waals surface area (Å²) < 4.78 is 27.6. The van der Waals surface area contributed by atoms with Gasteiger partial charge in [0.2, 0.25) is 15.9 Å². The predicted molar refractivity (Wildman–Crippen MR) is 106 cm³/mol. The molecule has 1 aliphatic carbocycles. The van der Waals surface area contributed by atoms with Gasteiger partial charge in [0.15, 0.2) is 0 Å². The average Bonchev–Trinajstić information content (AvgIpc) is 3.18. The van der Waals surface area contributed by atoms with Crippen LogP contribution in [-0.2, 0) is 27.8 Å². The van der Waals surface area contributed by atoms with Crippen molar-refractivity contribution in [1.29, 1.82) is 0 Å². The molecule has 2 aromatic rings. The minimum Gasteiger partial charge on any atom is -0.352 e. The summed E-state index contributed by atoms with van der Waals surface area (Å²) in [7, 11) is -3.46. The zero-order valence-electron chi connectivity index (χ0n) is 15.4. The highest BCUT2D eigenvalue weighted by Gasteiger charge is 2.22. The molecule has 0 saturated heterocycles. The smallest absolute Gasteiger partial charge is 0.240 e. The van der Waals surface area contributed by atoms with E-state index < -0.39 is 10.0 Å². The Labute approximate surface area is 161 Å². The van der Waals surface area contributed by atoms with Gasteiger partial charge in [0.05, 0.1) is 4.90 Å². The van der Waals surface area contributed by atoms with Gasteiger partial charge in [-0.3, -0.25) is 4.79 Å². The lowest BCUT2D eigenvalue weighted by Gasteiger charge is -2.13. The van der Waals surface area contributed by atoms with Crippen LogP contribution in [0.15, 0.2) is 59.5 Å². The van der Waals surface area contributed by atoms with E-state index >= 15 is 0 Å². The van der Waals surface area contributed by atoms with Crippen LogP contribution in [0.1, 0.15) is 43.2 Å². The lowest BCUT2D eigenvalue weighted by atomic mass is 10.1. The number of carbonyl (C=O) groups is 1. The van der Waals surface area contributed by atoms with Crippen molar-refractivity contribution in [3.05, 3.63) is 65.7 Å². The van der Waals surface area contributed by atoms with Gasteiger partial charge in [-0.2, -0.15) is 0 Å². The molecule has 0 heterocycles. The second-order valence-electron chi connectivity index (χ2n) is 7.01. The van der Waals surface area contributed by atoms with E-state index in [-0.39, 0.29) is 16.8 Å². The number of hydrogen-bond donors (Lipinski definition) is 2. The number of rotatable bonds is 8. The normalized spacial score (nSPS) is 15.0. The van der Waals surface area contributed by atoms with E-state index in [4.69, 9.17) is 0 Å². The minimum atomic E-state index is -3.46. The first-order valence-electron chi connectivity index (χ1n) is 9.45. The highest BCUT2D eigenvalue weighted by molar-refractivity contribution is 7.89. The van der Waals surface area contributed by atoms with Crippen LogP contribution in [0.2, 0.25) is 0 Å². The van der Waals surface area contributed by atoms with Crippen molar-refractivity contribution >= 4 is 15.9 Å². The molecule has 0 spiro atoms. The fraction of sp³-hybridized carbons (Fsp3) is 0.381. The molecule has 144 valence electrons. The van der Waals surface area contributed by atoms with Crippen molar-refractivity contribution in [2.24, 2.45) is 0 Å². The number of aryl methyl sites for hydroxylation is 1. The fourth-order valence-electron chi connectivity index (χ4n) is 3.31. The van der Waals surface area contributed by atoms with Crippen LogP contribution in [0.5, 0.6) is 0 Å². The van der Waals surface area contributed by atoms with E-state index in [9.17, 15) is 13.2 Å². The molecule has 0 atom stereocenters. The van der Waals surface area contributed by atoms with E-state index in [1.807, 2.05) is 30.3 Å². The standard InChI is InChI=1S/C21H26N2O3S/c24-21(22-16-18-6-2-1-3-7-18)15-12-17-10-13-20(14-11-17)27(25,26)23-19-8-4-5-9-19/h1-3,6-7,10-11,13-14,19,23H,4-5,8-9,12,15-16H2,(H,22,24). The number of hydrogen-bond acceptors (Lipinski definition) is 3. The summed E-state index contributed by atoms with van der Waals surface area (Å²) in [5.41, 5.74) is 2.01. The van der Waals surface area contributed by atoms with E-state index in [0.717, 1.165) is 36.8 Å². The first-order chi connectivity index (χ1) is 13.0. The largest absolute Gasteiger partial charge is 0.352 e. The van der Waals surface area contributed by atoms with Crippen molar-refractivity contribution in [3.63, 3.8) is 0 Å². The van der Waals surface area contributed by atoms with Crippen LogP contribution in [0, 0.1) is 0 Å². The molecule has 2 N–H and O–H groups in total. The van der Waals surface area contributed by atoms with Crippen LogP contribution < -0.4 is 10.0 Å². The molecule has 0 bridgehead atoms. The third kappa shape index (κ3) is 5.91. The molecule has 1 amide bonds. The zero-order chi connectivity index (χ0) is 19.1. The average molecular weight is 387 g/mol. The monoisotopic (exact) mass is 386 g/mol. The second kappa shape index (κ2) is 9.15. The summed E-state index contributed by atoms with van der Waals surface area (Å²) in [6.45, 7) is 0.518. The molecule has 0 radical (unpaired) electrons. The summed E-state index contributed by atoms with van der Waals surface area (Å²) in [6, 6.07) is 16.6. The Bertz CT molecular complexity index is 843. The van der Waals surface area contributed by atoms with Crippen LogP contribution in [0.3, 0.4) is 0 Å². The maximum Gasteiger partial charge on any atom is 0.240 e. The zero-order valence-corrected chi connectivity index (χ0v) is 16.2. The van der Waals surface area contributed by atoms with E-state index in [2.05, 4.69) is 10.0 Å². The molecule has 2 aromatic carbocycles. The molecule has 1 saturated carbocycles. The summed E-state index contributed by atoms with van der Waals surface area (Å²) >= 11 is 0. The maximum absolute atomic E-state index is 12.4. The third-order valence-corrected chi connectivity index (χ3v) is 6.42. The van der Waals surface area contributed by atoms with Gasteiger partial charge in [0.1, 0.15) is 0 Å². The Morgan fingerprint density at radius 2 is 1.59 bits per heavy atom. The van der Waals surface area contributed by atoms with Gasteiger partial charge in [-0.15, -0.1) is 0 Å². The predicted octanol–water partition coefficient (Wildman–Crippen LogP) is 3.16. The maximum atomic E-state index is 12.4. The Morgan fingerprint density at radius 3 is 2.26 bits per heavy atom. The lowest BCUT2D eigenvalue weighted by molar-refractivity contribution is -0.121. The summed E-state index contributed by atoms with van der Waals surface area (Å²) in [6.07, 6.45) is 4.94. The molecule has 1 fully saturated rings. The van der Waals surface area contributed by atoms with Gasteiger partial charge in [-0.05, 0) is 42.5 Å². The van der Waals surface area contributed by atoms with Crippen molar-refractivity contribution in [1.82, 2.24) is 10.0 Å². The van der Waals surface area contributed by atoms with Gasteiger partial charge >= 0.3 is 0 Å². The quantitative estimate of drug-likeness (QED) is 0.732. The van der Waals surface area contributed by atoms with Gasteiger partial charge in [-0.1, -0.05) is 55.3 Å². The van der Waals surface area contributed by atoms with E-state index in [1.165, 1.54) is 0 Å². The molecule has 27 heavy (non-hydrogen) atoms. The molecular formula is C21H26N2O3S. The number of nitrogens with one attached hydrogen (secondary N) is 2. The number of carbonyl (C=O) groups excluding carboxylic acids is 1.